The summed E-state index contributed by atoms with van der Waals surface area (Å²) in [4.78, 5) is 24.8. The Morgan fingerprint density at radius 2 is 2.16 bits per heavy atom. The van der Waals surface area contributed by atoms with E-state index < -0.39 is 11.9 Å². The number of nitrogens with zero attached hydrogens (tertiary/aromatic N) is 1. The Hall–Kier alpha value is -1.56. The van der Waals surface area contributed by atoms with Gasteiger partial charge in [-0.2, -0.15) is 0 Å². The summed E-state index contributed by atoms with van der Waals surface area (Å²) in [5, 5.41) is 11.8. The molecule has 2 amide bonds. The minimum absolute atomic E-state index is 0.158. The molecule has 2 aliphatic rings. The first-order chi connectivity index (χ1) is 8.90. The van der Waals surface area contributed by atoms with Gasteiger partial charge < -0.3 is 20.1 Å². The third-order valence-electron chi connectivity index (χ3n) is 3.60. The third-order valence-corrected chi connectivity index (χ3v) is 3.60. The average Bonchev–Trinajstić information content (AvgIpc) is 2.76. The second kappa shape index (κ2) is 5.21. The van der Waals surface area contributed by atoms with E-state index in [1.54, 1.807) is 17.1 Å². The Morgan fingerprint density at radius 1 is 1.42 bits per heavy atom. The Labute approximate surface area is 112 Å². The van der Waals surface area contributed by atoms with Gasteiger partial charge in [0.15, 0.2) is 0 Å². The van der Waals surface area contributed by atoms with Crippen molar-refractivity contribution in [2.45, 2.75) is 31.8 Å². The number of carboxylic acids is 1. The number of carbonyl (C=O) groups is 2. The highest BCUT2D eigenvalue weighted by Crippen LogP contribution is 2.21. The Bertz CT molecular complexity index is 405. The zero-order chi connectivity index (χ0) is 14.0. The zero-order valence-electron chi connectivity index (χ0n) is 11.3. The molecule has 1 fully saturated rings. The van der Waals surface area contributed by atoms with E-state index in [2.05, 4.69) is 5.32 Å². The number of hydrogen-bond acceptors (Lipinski definition) is 3. The molecule has 106 valence electrons. The molecule has 2 atom stereocenters. The van der Waals surface area contributed by atoms with Gasteiger partial charge in [-0.3, -0.25) is 4.79 Å². The molecule has 1 saturated heterocycles. The van der Waals surface area contributed by atoms with Gasteiger partial charge in [0.2, 0.25) is 0 Å². The van der Waals surface area contributed by atoms with Crippen molar-refractivity contribution in [2.24, 2.45) is 5.92 Å². The van der Waals surface area contributed by atoms with Crippen LogP contribution in [0.25, 0.3) is 0 Å². The minimum Gasteiger partial charge on any atom is -0.481 e. The SMILES string of the molecule is CC1(C)COCCN1C(=O)NC1C=CC(C(=O)O)C1. The maximum Gasteiger partial charge on any atom is 0.318 e. The van der Waals surface area contributed by atoms with Crippen LogP contribution in [0.5, 0.6) is 0 Å². The van der Waals surface area contributed by atoms with Crippen LogP contribution in [-0.2, 0) is 9.53 Å². The van der Waals surface area contributed by atoms with Crippen molar-refractivity contribution in [3.63, 3.8) is 0 Å². The summed E-state index contributed by atoms with van der Waals surface area (Å²) < 4.78 is 5.37. The lowest BCUT2D eigenvalue weighted by Crippen LogP contribution is -2.59. The number of ether oxygens (including phenoxy) is 1. The van der Waals surface area contributed by atoms with E-state index in [1.165, 1.54) is 0 Å². The van der Waals surface area contributed by atoms with Crippen molar-refractivity contribution in [3.8, 4) is 0 Å². The number of carbonyl (C=O) groups excluding carboxylic acids is 1. The number of carboxylic acid groups (broad SMARTS) is 1. The summed E-state index contributed by atoms with van der Waals surface area (Å²) in [6.07, 6.45) is 3.81. The molecule has 0 aromatic rings. The van der Waals surface area contributed by atoms with Crippen molar-refractivity contribution in [1.29, 1.82) is 0 Å². The number of morpholine rings is 1. The van der Waals surface area contributed by atoms with Crippen molar-refractivity contribution in [3.05, 3.63) is 12.2 Å². The Kier molecular flexibility index (Phi) is 3.80. The monoisotopic (exact) mass is 268 g/mol. The number of nitrogens with one attached hydrogen (secondary N) is 1. The predicted octanol–water partition coefficient (Wildman–Crippen LogP) is 0.836. The van der Waals surface area contributed by atoms with E-state index in [4.69, 9.17) is 9.84 Å². The molecule has 0 aromatic heterocycles. The highest BCUT2D eigenvalue weighted by molar-refractivity contribution is 5.77. The third kappa shape index (κ3) is 3.07. The Morgan fingerprint density at radius 3 is 2.74 bits per heavy atom. The average molecular weight is 268 g/mol. The van der Waals surface area contributed by atoms with Crippen LogP contribution in [0.2, 0.25) is 0 Å². The van der Waals surface area contributed by atoms with Crippen LogP contribution in [0.3, 0.4) is 0 Å². The van der Waals surface area contributed by atoms with Gasteiger partial charge >= 0.3 is 12.0 Å². The van der Waals surface area contributed by atoms with Gasteiger partial charge in [-0.15, -0.1) is 0 Å². The van der Waals surface area contributed by atoms with Crippen LogP contribution < -0.4 is 5.32 Å². The lowest BCUT2D eigenvalue weighted by molar-refractivity contribution is -0.140. The molecule has 1 aliphatic heterocycles. The normalized spacial score (nSPS) is 29.3. The molecule has 6 nitrogen and oxygen atoms in total. The fourth-order valence-electron chi connectivity index (χ4n) is 2.46. The topological polar surface area (TPSA) is 78.9 Å². The molecule has 2 N–H and O–H groups in total. The molecule has 2 rings (SSSR count). The number of rotatable bonds is 2. The van der Waals surface area contributed by atoms with Crippen LogP contribution in [-0.4, -0.2) is 53.3 Å². The maximum absolute atomic E-state index is 12.2. The molecule has 0 spiro atoms. The molecule has 2 unspecified atom stereocenters. The van der Waals surface area contributed by atoms with Gasteiger partial charge in [0.05, 0.1) is 30.7 Å². The predicted molar refractivity (Wildman–Crippen MR) is 68.8 cm³/mol. The summed E-state index contributed by atoms with van der Waals surface area (Å²) in [6, 6.07) is -0.360. The van der Waals surface area contributed by atoms with Crippen molar-refractivity contribution < 1.29 is 19.4 Å². The van der Waals surface area contributed by atoms with Crippen molar-refractivity contribution >= 4 is 12.0 Å². The number of aliphatic carboxylic acids is 1. The van der Waals surface area contributed by atoms with E-state index in [0.717, 1.165) is 0 Å². The van der Waals surface area contributed by atoms with E-state index in [0.29, 0.717) is 26.2 Å². The molecular formula is C13H20N2O4. The highest BCUT2D eigenvalue weighted by Gasteiger charge is 2.35. The lowest BCUT2D eigenvalue weighted by atomic mass is 10.0. The smallest absolute Gasteiger partial charge is 0.318 e. The molecule has 1 heterocycles. The molecule has 0 radical (unpaired) electrons. The second-order valence-electron chi connectivity index (χ2n) is 5.64. The molecule has 1 aliphatic carbocycles. The molecule has 0 aromatic carbocycles. The fraction of sp³-hybridized carbons (Fsp3) is 0.692. The van der Waals surface area contributed by atoms with Gasteiger partial charge in [-0.25, -0.2) is 4.79 Å². The molecular weight excluding hydrogens is 248 g/mol. The highest BCUT2D eigenvalue weighted by atomic mass is 16.5. The lowest BCUT2D eigenvalue weighted by Gasteiger charge is -2.42. The van der Waals surface area contributed by atoms with Crippen molar-refractivity contribution in [1.82, 2.24) is 10.2 Å². The summed E-state index contributed by atoms with van der Waals surface area (Å²) >= 11 is 0. The van der Waals surface area contributed by atoms with Gasteiger partial charge in [0.1, 0.15) is 0 Å². The zero-order valence-corrected chi connectivity index (χ0v) is 11.3. The number of hydrogen-bond donors (Lipinski definition) is 2. The molecule has 0 bridgehead atoms. The van der Waals surface area contributed by atoms with E-state index in [-0.39, 0.29) is 17.6 Å². The van der Waals surface area contributed by atoms with E-state index in [9.17, 15) is 9.59 Å². The van der Waals surface area contributed by atoms with Gasteiger partial charge in [0, 0.05) is 6.54 Å². The standard InChI is InChI=1S/C13H20N2O4/c1-13(2)8-19-6-5-15(13)12(18)14-10-4-3-9(7-10)11(16)17/h3-4,9-10H,5-8H2,1-2H3,(H,14,18)(H,16,17). The van der Waals surface area contributed by atoms with Crippen molar-refractivity contribution in [2.75, 3.05) is 19.8 Å². The Balaban J connectivity index is 1.91. The second-order valence-corrected chi connectivity index (χ2v) is 5.64. The van der Waals surface area contributed by atoms with Gasteiger partial charge in [-0.1, -0.05) is 12.2 Å². The van der Waals surface area contributed by atoms with E-state index >= 15 is 0 Å². The van der Waals surface area contributed by atoms with Crippen LogP contribution in [0, 0.1) is 5.92 Å². The first-order valence-corrected chi connectivity index (χ1v) is 6.47. The summed E-state index contributed by atoms with van der Waals surface area (Å²) in [7, 11) is 0. The van der Waals surface area contributed by atoms with Crippen LogP contribution >= 0.6 is 0 Å². The van der Waals surface area contributed by atoms with E-state index in [1.807, 2.05) is 13.8 Å². The minimum atomic E-state index is -0.847. The largest absolute Gasteiger partial charge is 0.481 e. The number of amides is 2. The first-order valence-electron chi connectivity index (χ1n) is 6.47. The molecule has 19 heavy (non-hydrogen) atoms. The summed E-state index contributed by atoms with van der Waals surface area (Å²) in [5.74, 6) is -1.34. The summed E-state index contributed by atoms with van der Waals surface area (Å²) in [5.41, 5.74) is -0.336. The van der Waals surface area contributed by atoms with Crippen LogP contribution in [0.4, 0.5) is 4.79 Å². The molecule has 6 heteroatoms. The fourth-order valence-corrected chi connectivity index (χ4v) is 2.46. The summed E-state index contributed by atoms with van der Waals surface area (Å²) in [6.45, 7) is 5.51. The van der Waals surface area contributed by atoms with Gasteiger partial charge in [0.25, 0.3) is 0 Å². The number of urea groups is 1. The van der Waals surface area contributed by atoms with Gasteiger partial charge in [-0.05, 0) is 20.3 Å². The quantitative estimate of drug-likeness (QED) is 0.727. The first kappa shape index (κ1) is 13.9. The van der Waals surface area contributed by atoms with Crippen LogP contribution in [0.1, 0.15) is 20.3 Å². The molecule has 0 saturated carbocycles. The maximum atomic E-state index is 12.2. The van der Waals surface area contributed by atoms with Crippen LogP contribution in [0.15, 0.2) is 12.2 Å².